The summed E-state index contributed by atoms with van der Waals surface area (Å²) in [4.78, 5) is 45.6. The van der Waals surface area contributed by atoms with Crippen LogP contribution in [-0.4, -0.2) is 70.6 Å². The predicted octanol–water partition coefficient (Wildman–Crippen LogP) is 5.35. The Hall–Kier alpha value is -3.50. The monoisotopic (exact) mass is 662 g/mol. The largest absolute Gasteiger partial charge is 0.474 e. The highest BCUT2D eigenvalue weighted by atomic mass is 35.5. The van der Waals surface area contributed by atoms with E-state index < -0.39 is 28.5 Å². The van der Waals surface area contributed by atoms with Gasteiger partial charge in [-0.05, 0) is 50.5 Å². The van der Waals surface area contributed by atoms with Gasteiger partial charge < -0.3 is 20.1 Å². The number of hydrogen-bond acceptors (Lipinski definition) is 7. The number of β-lactam (4-membered cyclic amide) rings is 1. The summed E-state index contributed by atoms with van der Waals surface area (Å²) < 4.78 is 12.6. The van der Waals surface area contributed by atoms with Gasteiger partial charge in [0.1, 0.15) is 17.5 Å². The highest BCUT2D eigenvalue weighted by molar-refractivity contribution is 6.32. The Morgan fingerprint density at radius 3 is 2.47 bits per heavy atom. The number of ketones is 1. The molecule has 4 unspecified atom stereocenters. The highest BCUT2D eigenvalue weighted by Gasteiger charge is 2.67. The molecule has 2 aromatic carbocycles. The minimum absolute atomic E-state index is 0.191. The lowest BCUT2D eigenvalue weighted by atomic mass is 9.65. The van der Waals surface area contributed by atoms with Crippen molar-refractivity contribution in [2.45, 2.75) is 91.3 Å². The summed E-state index contributed by atoms with van der Waals surface area (Å²) in [6.45, 7) is 15.1. The topological polar surface area (TPSA) is 100 Å². The zero-order valence-electron chi connectivity index (χ0n) is 28.5. The zero-order valence-corrected chi connectivity index (χ0v) is 29.2. The van der Waals surface area contributed by atoms with Crippen molar-refractivity contribution in [2.24, 2.45) is 5.41 Å². The third-order valence-corrected chi connectivity index (χ3v) is 9.77. The van der Waals surface area contributed by atoms with Gasteiger partial charge in [0.15, 0.2) is 11.8 Å². The molecule has 2 fully saturated rings. The van der Waals surface area contributed by atoms with Gasteiger partial charge in [-0.3, -0.25) is 24.2 Å². The standard InChI is InChI=1S/C37H47ClN4O5/c1-8-37(47-29-16-15-24(3)19-25(29)4)34(45)40-36(37)18-17-27(38)28(20-36)39-33(44)31(32(43)35(5,6)7)42-22-30(46-9-2)41(23-42)21-26-13-11-10-12-14-26/h10-19,30-31H,8-9,20-23H2,1-7H3,(H,39,44)(H,40,45). The Bertz CT molecular complexity index is 1580. The van der Waals surface area contributed by atoms with Crippen LogP contribution in [0.1, 0.15) is 64.2 Å². The maximum absolute atomic E-state index is 14.3. The number of amides is 2. The molecule has 3 aliphatic rings. The van der Waals surface area contributed by atoms with Gasteiger partial charge in [-0.15, -0.1) is 0 Å². The lowest BCUT2D eigenvalue weighted by Gasteiger charge is -2.57. The summed E-state index contributed by atoms with van der Waals surface area (Å²) >= 11 is 6.72. The van der Waals surface area contributed by atoms with Crippen LogP contribution in [-0.2, 0) is 25.7 Å². The molecular weight excluding hydrogens is 616 g/mol. The highest BCUT2D eigenvalue weighted by Crippen LogP contribution is 2.47. The molecule has 252 valence electrons. The Morgan fingerprint density at radius 2 is 1.85 bits per heavy atom. The minimum Gasteiger partial charge on any atom is -0.474 e. The van der Waals surface area contributed by atoms with E-state index in [1.54, 1.807) is 6.08 Å². The van der Waals surface area contributed by atoms with E-state index in [-0.39, 0.29) is 24.3 Å². The van der Waals surface area contributed by atoms with Gasteiger partial charge >= 0.3 is 0 Å². The molecular formula is C37H47ClN4O5. The molecule has 0 aromatic heterocycles. The molecule has 0 bridgehead atoms. The summed E-state index contributed by atoms with van der Waals surface area (Å²) in [7, 11) is 0. The van der Waals surface area contributed by atoms with Crippen molar-refractivity contribution >= 4 is 29.2 Å². The average Bonchev–Trinajstić information content (AvgIpc) is 3.39. The van der Waals surface area contributed by atoms with Crippen LogP contribution in [0.2, 0.25) is 0 Å². The molecule has 2 heterocycles. The van der Waals surface area contributed by atoms with E-state index in [4.69, 9.17) is 21.1 Å². The lowest BCUT2D eigenvalue weighted by molar-refractivity contribution is -0.165. The number of allylic oxidation sites excluding steroid dienone is 2. The zero-order chi connectivity index (χ0) is 34.1. The van der Waals surface area contributed by atoms with E-state index >= 15 is 0 Å². The van der Waals surface area contributed by atoms with Crippen LogP contribution < -0.4 is 15.4 Å². The number of aryl methyl sites for hydroxylation is 2. The number of nitrogens with one attached hydrogen (secondary N) is 2. The van der Waals surface area contributed by atoms with Gasteiger partial charge in [0.2, 0.25) is 11.5 Å². The minimum atomic E-state index is -1.21. The van der Waals surface area contributed by atoms with Crippen molar-refractivity contribution in [1.29, 1.82) is 0 Å². The van der Waals surface area contributed by atoms with Crippen molar-refractivity contribution in [2.75, 3.05) is 19.8 Å². The van der Waals surface area contributed by atoms with E-state index in [0.29, 0.717) is 49.3 Å². The summed E-state index contributed by atoms with van der Waals surface area (Å²) in [6, 6.07) is 14.8. The Morgan fingerprint density at radius 1 is 1.13 bits per heavy atom. The molecule has 2 amide bonds. The fraction of sp³-hybridized carbons (Fsp3) is 0.486. The number of carbonyl (C=O) groups excluding carboxylic acids is 3. The smallest absolute Gasteiger partial charge is 0.267 e. The second-order valence-corrected chi connectivity index (χ2v) is 14.3. The molecule has 10 heteroatoms. The maximum Gasteiger partial charge on any atom is 0.267 e. The Kier molecular flexibility index (Phi) is 10.0. The first kappa shape index (κ1) is 34.8. The summed E-state index contributed by atoms with van der Waals surface area (Å²) in [5.74, 6) is -0.280. The Labute approximate surface area is 283 Å². The lowest BCUT2D eigenvalue weighted by Crippen LogP contribution is -2.83. The van der Waals surface area contributed by atoms with Gasteiger partial charge in [0.25, 0.3) is 5.91 Å². The molecule has 47 heavy (non-hydrogen) atoms. The number of rotatable bonds is 11. The molecule has 1 spiro atoms. The predicted molar refractivity (Wildman–Crippen MR) is 182 cm³/mol. The molecule has 4 atom stereocenters. The van der Waals surface area contributed by atoms with Gasteiger partial charge in [-0.25, -0.2) is 0 Å². The maximum atomic E-state index is 14.3. The van der Waals surface area contributed by atoms with E-state index in [2.05, 4.69) is 27.7 Å². The number of halogens is 1. The van der Waals surface area contributed by atoms with Gasteiger partial charge in [0, 0.05) is 37.2 Å². The van der Waals surface area contributed by atoms with Crippen LogP contribution in [0.3, 0.4) is 0 Å². The molecule has 2 aliphatic heterocycles. The summed E-state index contributed by atoms with van der Waals surface area (Å²) in [5.41, 5.74) is 0.615. The molecule has 5 rings (SSSR count). The average molecular weight is 663 g/mol. The summed E-state index contributed by atoms with van der Waals surface area (Å²) in [6.07, 6.45) is 3.84. The number of ether oxygens (including phenoxy) is 2. The molecule has 2 aromatic rings. The van der Waals surface area contributed by atoms with Gasteiger partial charge in [0.05, 0.1) is 11.7 Å². The Balaban J connectivity index is 1.40. The third-order valence-electron chi connectivity index (χ3n) is 9.42. The number of benzene rings is 2. The number of hydrogen-bond donors (Lipinski definition) is 2. The molecule has 9 nitrogen and oxygen atoms in total. The van der Waals surface area contributed by atoms with Crippen molar-refractivity contribution in [3.8, 4) is 5.75 Å². The molecule has 0 radical (unpaired) electrons. The van der Waals surface area contributed by atoms with E-state index in [0.717, 1.165) is 16.7 Å². The first-order valence-corrected chi connectivity index (χ1v) is 16.8. The van der Waals surface area contributed by atoms with Gasteiger partial charge in [-0.2, -0.15) is 0 Å². The van der Waals surface area contributed by atoms with Crippen LogP contribution in [0.15, 0.2) is 71.4 Å². The number of Topliss-reactive ketones (excluding diaryl/α,β-unsaturated/α-hetero) is 1. The van der Waals surface area contributed by atoms with Crippen LogP contribution in [0.5, 0.6) is 5.75 Å². The normalized spacial score (nSPS) is 25.4. The molecule has 0 saturated carbocycles. The van der Waals surface area contributed by atoms with Crippen molar-refractivity contribution < 1.29 is 23.9 Å². The quantitative estimate of drug-likeness (QED) is 0.247. The second kappa shape index (κ2) is 13.5. The van der Waals surface area contributed by atoms with Crippen molar-refractivity contribution in [3.63, 3.8) is 0 Å². The van der Waals surface area contributed by atoms with Crippen molar-refractivity contribution in [3.05, 3.63) is 88.1 Å². The molecule has 2 N–H and O–H groups in total. The second-order valence-electron chi connectivity index (χ2n) is 13.9. The third kappa shape index (κ3) is 6.77. The fourth-order valence-corrected chi connectivity index (χ4v) is 7.00. The van der Waals surface area contributed by atoms with E-state index in [9.17, 15) is 14.4 Å². The number of carbonyl (C=O) groups is 3. The first-order chi connectivity index (χ1) is 22.2. The fourth-order valence-electron chi connectivity index (χ4n) is 6.82. The summed E-state index contributed by atoms with van der Waals surface area (Å²) in [5, 5.41) is 6.42. The van der Waals surface area contributed by atoms with Crippen LogP contribution in [0.25, 0.3) is 0 Å². The number of nitrogens with zero attached hydrogens (tertiary/aromatic N) is 2. The van der Waals surface area contributed by atoms with Gasteiger partial charge in [-0.1, -0.05) is 93.4 Å². The van der Waals surface area contributed by atoms with Crippen LogP contribution >= 0.6 is 11.6 Å². The molecule has 1 aliphatic carbocycles. The van der Waals surface area contributed by atoms with Crippen molar-refractivity contribution in [1.82, 2.24) is 20.4 Å². The SMILES string of the molecule is CCOC1CN(C(C(=O)NC2=C(Cl)C=CC3(C2)NC(=O)C3(CC)Oc2ccc(C)cc2C)C(=O)C(C)(C)C)CN1Cc1ccccc1. The first-order valence-electron chi connectivity index (χ1n) is 16.4. The van der Waals surface area contributed by atoms with E-state index in [1.807, 2.05) is 95.8 Å². The molecule has 2 saturated heterocycles. The van der Waals surface area contributed by atoms with E-state index in [1.165, 1.54) is 0 Å². The van der Waals surface area contributed by atoms with Crippen LogP contribution in [0, 0.1) is 19.3 Å². The van der Waals surface area contributed by atoms with Crippen LogP contribution in [0.4, 0.5) is 0 Å².